The van der Waals surface area contributed by atoms with Crippen molar-refractivity contribution in [1.29, 1.82) is 0 Å². The average molecular weight is 223 g/mol. The van der Waals surface area contributed by atoms with Crippen molar-refractivity contribution in [2.24, 2.45) is 11.7 Å². The van der Waals surface area contributed by atoms with Gasteiger partial charge in [0.25, 0.3) is 10.1 Å². The molecule has 0 amide bonds. The summed E-state index contributed by atoms with van der Waals surface area (Å²) in [5.41, 5.74) is 5.00. The minimum absolute atomic E-state index is 0.253. The highest BCUT2D eigenvalue weighted by atomic mass is 32.2. The SMILES string of the molecule is CCCCCC(C)COS(=O)(=O)CN. The molecular formula is C9H21NO3S. The van der Waals surface area contributed by atoms with Crippen molar-refractivity contribution in [2.75, 3.05) is 12.5 Å². The predicted octanol–water partition coefficient (Wildman–Crippen LogP) is 1.47. The van der Waals surface area contributed by atoms with E-state index in [1.165, 1.54) is 12.8 Å². The van der Waals surface area contributed by atoms with Crippen LogP contribution in [0.5, 0.6) is 0 Å². The Morgan fingerprint density at radius 2 is 2.00 bits per heavy atom. The van der Waals surface area contributed by atoms with Crippen LogP contribution in [0.3, 0.4) is 0 Å². The zero-order chi connectivity index (χ0) is 11.0. The number of rotatable bonds is 8. The van der Waals surface area contributed by atoms with Gasteiger partial charge in [0, 0.05) is 0 Å². The second-order valence-electron chi connectivity index (χ2n) is 3.61. The summed E-state index contributed by atoms with van der Waals surface area (Å²) in [6.07, 6.45) is 4.50. The smallest absolute Gasteiger partial charge is 0.280 e. The van der Waals surface area contributed by atoms with Crippen LogP contribution in [-0.2, 0) is 14.3 Å². The van der Waals surface area contributed by atoms with Crippen molar-refractivity contribution in [1.82, 2.24) is 0 Å². The van der Waals surface area contributed by atoms with Crippen molar-refractivity contribution in [3.63, 3.8) is 0 Å². The van der Waals surface area contributed by atoms with Gasteiger partial charge in [0.2, 0.25) is 0 Å². The Labute approximate surface area is 86.9 Å². The molecule has 0 fully saturated rings. The van der Waals surface area contributed by atoms with Gasteiger partial charge in [-0.1, -0.05) is 33.1 Å². The third-order valence-electron chi connectivity index (χ3n) is 2.04. The van der Waals surface area contributed by atoms with Crippen molar-refractivity contribution < 1.29 is 12.6 Å². The van der Waals surface area contributed by atoms with Gasteiger partial charge in [0.15, 0.2) is 0 Å². The number of hydrogen-bond acceptors (Lipinski definition) is 4. The maximum absolute atomic E-state index is 10.9. The lowest BCUT2D eigenvalue weighted by atomic mass is 10.0. The first-order chi connectivity index (χ1) is 6.52. The van der Waals surface area contributed by atoms with Crippen molar-refractivity contribution in [3.8, 4) is 0 Å². The number of hydrogen-bond donors (Lipinski definition) is 1. The van der Waals surface area contributed by atoms with E-state index >= 15 is 0 Å². The molecule has 0 aromatic heterocycles. The first-order valence-electron chi connectivity index (χ1n) is 5.09. The quantitative estimate of drug-likeness (QED) is 0.499. The summed E-state index contributed by atoms with van der Waals surface area (Å²) in [6, 6.07) is 0. The first kappa shape index (κ1) is 13.9. The molecule has 1 atom stereocenters. The van der Waals surface area contributed by atoms with E-state index in [-0.39, 0.29) is 12.5 Å². The normalized spacial score (nSPS) is 14.2. The predicted molar refractivity (Wildman–Crippen MR) is 57.2 cm³/mol. The molecule has 86 valence electrons. The number of nitrogens with two attached hydrogens (primary N) is 1. The molecule has 0 bridgehead atoms. The summed E-state index contributed by atoms with van der Waals surface area (Å²) in [5.74, 6) is -0.155. The lowest BCUT2D eigenvalue weighted by Crippen LogP contribution is -2.20. The fourth-order valence-corrected chi connectivity index (χ4v) is 1.63. The van der Waals surface area contributed by atoms with Gasteiger partial charge in [-0.25, -0.2) is 0 Å². The van der Waals surface area contributed by atoms with Gasteiger partial charge >= 0.3 is 0 Å². The minimum Gasteiger partial charge on any atom is -0.316 e. The average Bonchev–Trinajstić information content (AvgIpc) is 2.16. The van der Waals surface area contributed by atoms with Crippen LogP contribution in [0.2, 0.25) is 0 Å². The summed E-state index contributed by atoms with van der Waals surface area (Å²) in [4.78, 5) is 0. The molecule has 0 saturated heterocycles. The van der Waals surface area contributed by atoms with Crippen LogP contribution < -0.4 is 5.73 Å². The molecule has 0 spiro atoms. The molecule has 0 radical (unpaired) electrons. The third kappa shape index (κ3) is 7.29. The van der Waals surface area contributed by atoms with Crippen LogP contribution in [0, 0.1) is 5.92 Å². The topological polar surface area (TPSA) is 69.4 Å². The lowest BCUT2D eigenvalue weighted by molar-refractivity contribution is 0.254. The van der Waals surface area contributed by atoms with E-state index in [1.807, 2.05) is 6.92 Å². The fraction of sp³-hybridized carbons (Fsp3) is 1.00. The second kappa shape index (κ2) is 7.20. The Morgan fingerprint density at radius 3 is 2.50 bits per heavy atom. The molecule has 4 nitrogen and oxygen atoms in total. The summed E-state index contributed by atoms with van der Waals surface area (Å²) in [5, 5.41) is 0. The summed E-state index contributed by atoms with van der Waals surface area (Å²) < 4.78 is 26.5. The van der Waals surface area contributed by atoms with Crippen molar-refractivity contribution in [2.45, 2.75) is 39.5 Å². The standard InChI is InChI=1S/C9H21NO3S/c1-3-4-5-6-9(2)7-13-14(11,12)8-10/h9H,3-8,10H2,1-2H3. The molecule has 0 aromatic rings. The van der Waals surface area contributed by atoms with E-state index in [0.29, 0.717) is 0 Å². The minimum atomic E-state index is -3.47. The van der Waals surface area contributed by atoms with E-state index in [2.05, 4.69) is 6.92 Å². The van der Waals surface area contributed by atoms with E-state index in [4.69, 9.17) is 9.92 Å². The van der Waals surface area contributed by atoms with Crippen molar-refractivity contribution >= 4 is 10.1 Å². The van der Waals surface area contributed by atoms with Gasteiger partial charge in [-0.15, -0.1) is 0 Å². The molecule has 2 N–H and O–H groups in total. The second-order valence-corrected chi connectivity index (χ2v) is 5.29. The van der Waals surface area contributed by atoms with Crippen LogP contribution >= 0.6 is 0 Å². The van der Waals surface area contributed by atoms with Crippen molar-refractivity contribution in [3.05, 3.63) is 0 Å². The summed E-state index contributed by atoms with van der Waals surface area (Å²) in [7, 11) is -3.47. The molecule has 0 aliphatic carbocycles. The van der Waals surface area contributed by atoms with Gasteiger partial charge in [-0.05, 0) is 12.3 Å². The maximum atomic E-state index is 10.9. The van der Waals surface area contributed by atoms with Crippen LogP contribution in [0.15, 0.2) is 0 Å². The molecule has 14 heavy (non-hydrogen) atoms. The van der Waals surface area contributed by atoms with E-state index in [1.54, 1.807) is 0 Å². The Hall–Kier alpha value is -0.130. The van der Waals surface area contributed by atoms with Crippen LogP contribution in [0.25, 0.3) is 0 Å². The fourth-order valence-electron chi connectivity index (χ4n) is 1.09. The summed E-state index contributed by atoms with van der Waals surface area (Å²) in [6.45, 7) is 4.38. The molecule has 0 aromatic carbocycles. The van der Waals surface area contributed by atoms with Gasteiger partial charge in [-0.2, -0.15) is 8.42 Å². The zero-order valence-electron chi connectivity index (χ0n) is 9.03. The van der Waals surface area contributed by atoms with E-state index in [0.717, 1.165) is 12.8 Å². The third-order valence-corrected chi connectivity index (χ3v) is 2.94. The highest BCUT2D eigenvalue weighted by Crippen LogP contribution is 2.10. The molecule has 0 aliphatic heterocycles. The van der Waals surface area contributed by atoms with E-state index < -0.39 is 16.0 Å². The Bertz CT molecular complexity index is 226. The van der Waals surface area contributed by atoms with Gasteiger partial charge in [0.05, 0.1) is 6.61 Å². The van der Waals surface area contributed by atoms with Crippen LogP contribution in [-0.4, -0.2) is 20.9 Å². The molecule has 0 heterocycles. The summed E-state index contributed by atoms with van der Waals surface area (Å²) >= 11 is 0. The van der Waals surface area contributed by atoms with E-state index in [9.17, 15) is 8.42 Å². The lowest BCUT2D eigenvalue weighted by Gasteiger charge is -2.10. The van der Waals surface area contributed by atoms with Gasteiger partial charge in [0.1, 0.15) is 5.88 Å². The van der Waals surface area contributed by atoms with Gasteiger partial charge < -0.3 is 5.73 Å². The molecule has 0 rings (SSSR count). The van der Waals surface area contributed by atoms with Gasteiger partial charge in [-0.3, -0.25) is 4.18 Å². The van der Waals surface area contributed by atoms with Crippen LogP contribution in [0.4, 0.5) is 0 Å². The largest absolute Gasteiger partial charge is 0.316 e. The van der Waals surface area contributed by atoms with Crippen LogP contribution in [0.1, 0.15) is 39.5 Å². The molecule has 1 unspecified atom stereocenters. The molecule has 5 heteroatoms. The molecular weight excluding hydrogens is 202 g/mol. The first-order valence-corrected chi connectivity index (χ1v) is 6.66. The Morgan fingerprint density at radius 1 is 1.36 bits per heavy atom. The zero-order valence-corrected chi connectivity index (χ0v) is 9.85. The molecule has 0 aliphatic rings. The monoisotopic (exact) mass is 223 g/mol. The molecule has 0 saturated carbocycles. The Kier molecular flexibility index (Phi) is 7.13. The number of unbranched alkanes of at least 4 members (excludes halogenated alkanes) is 2. The highest BCUT2D eigenvalue weighted by Gasteiger charge is 2.10. The Balaban J connectivity index is 3.58. The maximum Gasteiger partial charge on any atom is 0.280 e. The highest BCUT2D eigenvalue weighted by molar-refractivity contribution is 7.86.